The molecule has 5 heterocycles. The van der Waals surface area contributed by atoms with Crippen LogP contribution in [0.3, 0.4) is 0 Å². The number of pyridine rings is 1. The lowest BCUT2D eigenvalue weighted by Crippen LogP contribution is -2.45. The molecule has 2 saturated heterocycles. The molecule has 1 atom stereocenters. The standard InChI is InChI=1S/C40H44F3N9O4/c1-48(27-17-19-50(20-18-27)31-6-4-7-32-36(31)49(2)39(56)52(32)33-15-16-35(53)46-38(33)55)22-24-9-12-28(13-10-24)51-23-25-21-26(11-14-29(25)47-51)44-37(54)30-5-3-8-34(45-30)40(41,42)43/h3-8,11,14,21,23-24,27-28,33H,9-10,12-13,15-20,22H2,1-2H3,(H,44,54)(H,46,53,55). The molecule has 5 aromatic rings. The van der Waals surface area contributed by atoms with E-state index < -0.39 is 29.7 Å². The second-order valence-corrected chi connectivity index (χ2v) is 15.4. The number of anilines is 2. The van der Waals surface area contributed by atoms with Crippen LogP contribution in [0.2, 0.25) is 0 Å². The highest BCUT2D eigenvalue weighted by Gasteiger charge is 2.34. The highest BCUT2D eigenvalue weighted by Crippen LogP contribution is 2.36. The molecule has 2 aromatic carbocycles. The molecule has 16 heteroatoms. The number of piperidine rings is 2. The van der Waals surface area contributed by atoms with Crippen LogP contribution >= 0.6 is 0 Å². The van der Waals surface area contributed by atoms with Crippen molar-refractivity contribution in [2.75, 3.05) is 36.9 Å². The van der Waals surface area contributed by atoms with Gasteiger partial charge in [-0.1, -0.05) is 12.1 Å². The van der Waals surface area contributed by atoms with Gasteiger partial charge in [-0.05, 0) is 100 Å². The van der Waals surface area contributed by atoms with E-state index >= 15 is 0 Å². The van der Waals surface area contributed by atoms with Crippen LogP contribution in [0.5, 0.6) is 0 Å². The smallest absolute Gasteiger partial charge is 0.370 e. The summed E-state index contributed by atoms with van der Waals surface area (Å²) in [7, 11) is 3.96. The van der Waals surface area contributed by atoms with E-state index in [0.717, 1.165) is 92.4 Å². The van der Waals surface area contributed by atoms with Crippen LogP contribution in [0.15, 0.2) is 65.6 Å². The number of alkyl halides is 3. The molecule has 56 heavy (non-hydrogen) atoms. The highest BCUT2D eigenvalue weighted by atomic mass is 19.4. The predicted molar refractivity (Wildman–Crippen MR) is 204 cm³/mol. The van der Waals surface area contributed by atoms with Gasteiger partial charge < -0.3 is 15.1 Å². The molecule has 3 aliphatic rings. The zero-order valence-corrected chi connectivity index (χ0v) is 31.3. The fourth-order valence-electron chi connectivity index (χ4n) is 8.82. The van der Waals surface area contributed by atoms with Crippen molar-refractivity contribution in [3.63, 3.8) is 0 Å². The normalized spacial score (nSPS) is 21.2. The predicted octanol–water partition coefficient (Wildman–Crippen LogP) is 5.67. The number of imidazole rings is 1. The van der Waals surface area contributed by atoms with Gasteiger partial charge in [-0.2, -0.15) is 18.3 Å². The molecular weight excluding hydrogens is 727 g/mol. The molecule has 13 nitrogen and oxygen atoms in total. The SMILES string of the molecule is CN(CC1CCC(n2cc3cc(NC(=O)c4cccc(C(F)(F)F)n4)ccc3n2)CC1)C1CCN(c2cccc3c2n(C)c(=O)n3C2CCC(=O)NC2=O)CC1. The molecule has 0 spiro atoms. The number of hydrogen-bond donors (Lipinski definition) is 2. The minimum absolute atomic E-state index is 0.201. The van der Waals surface area contributed by atoms with Gasteiger partial charge in [0.15, 0.2) is 0 Å². The van der Waals surface area contributed by atoms with Crippen LogP contribution < -0.4 is 21.2 Å². The van der Waals surface area contributed by atoms with Crippen molar-refractivity contribution >= 4 is 51.0 Å². The number of para-hydroxylation sites is 1. The number of imide groups is 1. The molecule has 1 unspecified atom stereocenters. The molecule has 2 N–H and O–H groups in total. The third-order valence-corrected chi connectivity index (χ3v) is 11.8. The van der Waals surface area contributed by atoms with Crippen molar-refractivity contribution < 1.29 is 27.6 Å². The van der Waals surface area contributed by atoms with E-state index in [0.29, 0.717) is 29.6 Å². The number of nitrogens with one attached hydrogen (secondary N) is 2. The molecule has 3 fully saturated rings. The number of rotatable bonds is 8. The maximum absolute atomic E-state index is 13.4. The van der Waals surface area contributed by atoms with E-state index in [1.165, 1.54) is 10.6 Å². The van der Waals surface area contributed by atoms with E-state index in [1.807, 2.05) is 29.1 Å². The Kier molecular flexibility index (Phi) is 9.93. The van der Waals surface area contributed by atoms with Gasteiger partial charge in [0.2, 0.25) is 11.8 Å². The topological polar surface area (TPSA) is 139 Å². The highest BCUT2D eigenvalue weighted by molar-refractivity contribution is 6.04. The van der Waals surface area contributed by atoms with E-state index in [4.69, 9.17) is 5.10 Å². The van der Waals surface area contributed by atoms with Gasteiger partial charge in [0.05, 0.1) is 28.3 Å². The maximum Gasteiger partial charge on any atom is 0.433 e. The summed E-state index contributed by atoms with van der Waals surface area (Å²) in [5.41, 5.74) is 2.01. The number of hydrogen-bond acceptors (Lipinski definition) is 8. The maximum atomic E-state index is 13.4. The van der Waals surface area contributed by atoms with Crippen molar-refractivity contribution in [2.45, 2.75) is 75.7 Å². The van der Waals surface area contributed by atoms with E-state index in [-0.39, 0.29) is 29.8 Å². The first-order valence-electron chi connectivity index (χ1n) is 19.2. The van der Waals surface area contributed by atoms with Gasteiger partial charge in [0.1, 0.15) is 17.4 Å². The number of halogens is 3. The minimum Gasteiger partial charge on any atom is -0.370 e. The van der Waals surface area contributed by atoms with Crippen LogP contribution in [0.25, 0.3) is 21.9 Å². The largest absolute Gasteiger partial charge is 0.433 e. The molecule has 294 valence electrons. The van der Waals surface area contributed by atoms with Gasteiger partial charge in [-0.15, -0.1) is 0 Å². The van der Waals surface area contributed by atoms with Crippen LogP contribution in [0, 0.1) is 5.92 Å². The molecule has 3 aromatic heterocycles. The summed E-state index contributed by atoms with van der Waals surface area (Å²) in [6.07, 6.45) is 3.96. The summed E-state index contributed by atoms with van der Waals surface area (Å²) in [5.74, 6) is -0.899. The Hall–Kier alpha value is -5.51. The first-order valence-corrected chi connectivity index (χ1v) is 19.2. The second kappa shape index (κ2) is 14.9. The first kappa shape index (κ1) is 37.4. The van der Waals surface area contributed by atoms with Gasteiger partial charge in [0.25, 0.3) is 5.91 Å². The number of benzene rings is 2. The number of fused-ring (bicyclic) bond motifs is 2. The summed E-state index contributed by atoms with van der Waals surface area (Å²) in [6.45, 7) is 2.71. The van der Waals surface area contributed by atoms with Gasteiger partial charge in [0, 0.05) is 56.4 Å². The number of amides is 3. The summed E-state index contributed by atoms with van der Waals surface area (Å²) in [4.78, 5) is 58.9. The fraction of sp³-hybridized carbons (Fsp3) is 0.450. The van der Waals surface area contributed by atoms with E-state index in [9.17, 15) is 32.3 Å². The van der Waals surface area contributed by atoms with Gasteiger partial charge >= 0.3 is 11.9 Å². The third-order valence-electron chi connectivity index (χ3n) is 11.8. The summed E-state index contributed by atoms with van der Waals surface area (Å²) in [6, 6.07) is 14.3. The zero-order valence-electron chi connectivity index (χ0n) is 31.3. The Morgan fingerprint density at radius 2 is 1.71 bits per heavy atom. The molecule has 1 saturated carbocycles. The number of aryl methyl sites for hydroxylation is 1. The molecular formula is C40H44F3N9O4. The summed E-state index contributed by atoms with van der Waals surface area (Å²) < 4.78 is 44.4. The number of carbonyl (C=O) groups excluding carboxylic acids is 3. The molecule has 8 rings (SSSR count). The van der Waals surface area contributed by atoms with Crippen molar-refractivity contribution in [1.82, 2.24) is 34.1 Å². The minimum atomic E-state index is -4.64. The lowest BCUT2D eigenvalue weighted by molar-refractivity contribution is -0.141. The third kappa shape index (κ3) is 7.29. The average Bonchev–Trinajstić information content (AvgIpc) is 3.72. The second-order valence-electron chi connectivity index (χ2n) is 15.4. The fourth-order valence-corrected chi connectivity index (χ4v) is 8.82. The van der Waals surface area contributed by atoms with Crippen molar-refractivity contribution in [2.24, 2.45) is 13.0 Å². The number of carbonyl (C=O) groups is 3. The Morgan fingerprint density at radius 1 is 0.964 bits per heavy atom. The molecule has 1 aliphatic carbocycles. The van der Waals surface area contributed by atoms with Crippen molar-refractivity contribution in [1.29, 1.82) is 0 Å². The van der Waals surface area contributed by atoms with Gasteiger partial charge in [-0.25, -0.2) is 9.78 Å². The monoisotopic (exact) mass is 771 g/mol. The number of aromatic nitrogens is 5. The van der Waals surface area contributed by atoms with Crippen molar-refractivity contribution in [3.8, 4) is 0 Å². The first-order chi connectivity index (χ1) is 26.8. The van der Waals surface area contributed by atoms with Crippen LogP contribution in [-0.4, -0.2) is 79.2 Å². The zero-order chi connectivity index (χ0) is 39.3. The summed E-state index contributed by atoms with van der Waals surface area (Å²) in [5, 5.41) is 10.7. The Morgan fingerprint density at radius 3 is 2.45 bits per heavy atom. The lowest BCUT2D eigenvalue weighted by atomic mass is 9.85. The van der Waals surface area contributed by atoms with Gasteiger partial charge in [-0.3, -0.25) is 33.5 Å². The van der Waals surface area contributed by atoms with E-state index in [1.54, 1.807) is 29.8 Å². The average molecular weight is 772 g/mol. The molecule has 3 amide bonds. The quantitative estimate of drug-likeness (QED) is 0.193. The van der Waals surface area contributed by atoms with Crippen molar-refractivity contribution in [3.05, 3.63) is 82.7 Å². The lowest BCUT2D eigenvalue weighted by Gasteiger charge is -2.40. The number of nitrogens with zero attached hydrogens (tertiary/aromatic N) is 7. The van der Waals surface area contributed by atoms with Crippen LogP contribution in [-0.2, 0) is 22.8 Å². The Bertz CT molecular complexity index is 2370. The molecule has 2 aliphatic heterocycles. The molecule has 0 radical (unpaired) electrons. The Labute approximate surface area is 320 Å². The van der Waals surface area contributed by atoms with E-state index in [2.05, 4.69) is 32.5 Å². The Balaban J connectivity index is 0.846. The molecule has 0 bridgehead atoms. The summed E-state index contributed by atoms with van der Waals surface area (Å²) >= 11 is 0. The van der Waals surface area contributed by atoms with Crippen LogP contribution in [0.4, 0.5) is 24.5 Å². The van der Waals surface area contributed by atoms with Crippen LogP contribution in [0.1, 0.15) is 79.6 Å².